The number of nitrogens with zero attached hydrogens (tertiary/aromatic N) is 1. The molecule has 2 rings (SSSR count). The Labute approximate surface area is 130 Å². The van der Waals surface area contributed by atoms with Gasteiger partial charge in [0.1, 0.15) is 0 Å². The molecule has 0 saturated carbocycles. The van der Waals surface area contributed by atoms with Crippen LogP contribution in [0.3, 0.4) is 0 Å². The second-order valence-corrected chi connectivity index (χ2v) is 6.71. The lowest BCUT2D eigenvalue weighted by Crippen LogP contribution is -2.60. The fourth-order valence-electron chi connectivity index (χ4n) is 3.63. The van der Waals surface area contributed by atoms with Gasteiger partial charge in [0.2, 0.25) is 0 Å². The van der Waals surface area contributed by atoms with E-state index in [0.29, 0.717) is 12.0 Å². The highest BCUT2D eigenvalue weighted by Gasteiger charge is 2.41. The van der Waals surface area contributed by atoms with E-state index in [1.807, 2.05) is 0 Å². The summed E-state index contributed by atoms with van der Waals surface area (Å²) in [7, 11) is 2.24. The van der Waals surface area contributed by atoms with E-state index in [1.54, 1.807) is 0 Å². The highest BCUT2D eigenvalue weighted by molar-refractivity contribution is 5.15. The molecule has 1 heterocycles. The van der Waals surface area contributed by atoms with Crippen LogP contribution in [0.15, 0.2) is 43.0 Å². The van der Waals surface area contributed by atoms with Gasteiger partial charge < -0.3 is 10.2 Å². The van der Waals surface area contributed by atoms with Gasteiger partial charge in [0, 0.05) is 18.1 Å². The number of nitrogens with one attached hydrogen (secondary N) is 1. The van der Waals surface area contributed by atoms with Crippen LogP contribution in [-0.2, 0) is 6.42 Å². The van der Waals surface area contributed by atoms with Crippen LogP contribution < -0.4 is 5.32 Å². The summed E-state index contributed by atoms with van der Waals surface area (Å²) >= 11 is 0. The molecule has 0 aromatic heterocycles. The van der Waals surface area contributed by atoms with Gasteiger partial charge in [-0.05, 0) is 51.3 Å². The fourth-order valence-corrected chi connectivity index (χ4v) is 3.63. The molecule has 0 unspecified atom stereocenters. The van der Waals surface area contributed by atoms with E-state index >= 15 is 0 Å². The largest absolute Gasteiger partial charge is 0.310 e. The molecular weight excluding hydrogens is 256 g/mol. The van der Waals surface area contributed by atoms with Crippen LogP contribution in [0.1, 0.15) is 32.3 Å². The average molecular weight is 286 g/mol. The highest BCUT2D eigenvalue weighted by atomic mass is 15.2. The summed E-state index contributed by atoms with van der Waals surface area (Å²) in [5.74, 6) is 0.646. The first-order valence-corrected chi connectivity index (χ1v) is 8.17. The van der Waals surface area contributed by atoms with Crippen molar-refractivity contribution in [1.29, 1.82) is 0 Å². The third-order valence-electron chi connectivity index (χ3n) is 5.16. The summed E-state index contributed by atoms with van der Waals surface area (Å²) in [6, 6.07) is 11.4. The Kier molecular flexibility index (Phi) is 5.60. The Morgan fingerprint density at radius 2 is 2.05 bits per heavy atom. The summed E-state index contributed by atoms with van der Waals surface area (Å²) in [5.41, 5.74) is 1.62. The molecule has 0 spiro atoms. The van der Waals surface area contributed by atoms with E-state index in [9.17, 15) is 0 Å². The van der Waals surface area contributed by atoms with Crippen molar-refractivity contribution in [2.24, 2.45) is 5.92 Å². The lowest BCUT2D eigenvalue weighted by atomic mass is 9.74. The number of rotatable bonds is 6. The molecule has 21 heavy (non-hydrogen) atoms. The van der Waals surface area contributed by atoms with Gasteiger partial charge in [-0.15, -0.1) is 6.58 Å². The number of hydrogen-bond donors (Lipinski definition) is 1. The SMILES string of the molecule is C=CC[C@@]1(NCCc2ccccc2)C[C@H](C)N(C)C[C@H]1C. The summed E-state index contributed by atoms with van der Waals surface area (Å²) < 4.78 is 0. The topological polar surface area (TPSA) is 15.3 Å². The number of piperidine rings is 1. The van der Waals surface area contributed by atoms with Crippen LogP contribution in [0.25, 0.3) is 0 Å². The highest BCUT2D eigenvalue weighted by Crippen LogP contribution is 2.34. The minimum Gasteiger partial charge on any atom is -0.310 e. The van der Waals surface area contributed by atoms with Crippen molar-refractivity contribution in [2.75, 3.05) is 20.1 Å². The summed E-state index contributed by atoms with van der Waals surface area (Å²) in [6.45, 7) is 10.9. The molecule has 116 valence electrons. The predicted octanol–water partition coefficient (Wildman–Crippen LogP) is 3.49. The van der Waals surface area contributed by atoms with Gasteiger partial charge in [-0.25, -0.2) is 0 Å². The van der Waals surface area contributed by atoms with Gasteiger partial charge in [-0.2, -0.15) is 0 Å². The Hall–Kier alpha value is -1.12. The van der Waals surface area contributed by atoms with E-state index < -0.39 is 0 Å². The minimum absolute atomic E-state index is 0.211. The molecule has 1 aliphatic heterocycles. The van der Waals surface area contributed by atoms with Crippen LogP contribution in [0.4, 0.5) is 0 Å². The second-order valence-electron chi connectivity index (χ2n) is 6.71. The monoisotopic (exact) mass is 286 g/mol. The molecule has 0 amide bonds. The molecule has 3 atom stereocenters. The zero-order valence-electron chi connectivity index (χ0n) is 13.8. The number of likely N-dealkylation sites (tertiary alicyclic amines) is 1. The molecule has 0 bridgehead atoms. The molecule has 2 heteroatoms. The number of hydrogen-bond acceptors (Lipinski definition) is 2. The average Bonchev–Trinajstić information content (AvgIpc) is 2.47. The van der Waals surface area contributed by atoms with Gasteiger partial charge in [-0.3, -0.25) is 0 Å². The second kappa shape index (κ2) is 7.24. The molecule has 1 aromatic rings. The lowest BCUT2D eigenvalue weighted by Gasteiger charge is -2.49. The van der Waals surface area contributed by atoms with E-state index in [2.05, 4.69) is 74.1 Å². The quantitative estimate of drug-likeness (QED) is 0.805. The Morgan fingerprint density at radius 3 is 2.71 bits per heavy atom. The lowest BCUT2D eigenvalue weighted by molar-refractivity contribution is 0.0564. The molecule has 1 aromatic carbocycles. The standard InChI is InChI=1S/C19H30N2/c1-5-12-19(14-17(3)21(4)15-16(19)2)20-13-11-18-9-7-6-8-10-18/h5-10,16-17,20H,1,11-15H2,2-4H3/t16-,17+,19-/m1/s1. The van der Waals surface area contributed by atoms with Crippen molar-refractivity contribution in [3.05, 3.63) is 48.6 Å². The molecular formula is C19H30N2. The zero-order chi connectivity index (χ0) is 15.3. The van der Waals surface area contributed by atoms with Crippen LogP contribution in [0.2, 0.25) is 0 Å². The van der Waals surface area contributed by atoms with Gasteiger partial charge in [0.05, 0.1) is 0 Å². The van der Waals surface area contributed by atoms with Gasteiger partial charge >= 0.3 is 0 Å². The maximum absolute atomic E-state index is 3.99. The first-order chi connectivity index (χ1) is 10.1. The van der Waals surface area contributed by atoms with Crippen LogP contribution in [0, 0.1) is 5.92 Å². The molecule has 2 nitrogen and oxygen atoms in total. The molecule has 1 saturated heterocycles. The summed E-state index contributed by atoms with van der Waals surface area (Å²) in [4.78, 5) is 2.48. The van der Waals surface area contributed by atoms with E-state index in [0.717, 1.165) is 25.9 Å². The van der Waals surface area contributed by atoms with Gasteiger partial charge in [0.15, 0.2) is 0 Å². The van der Waals surface area contributed by atoms with E-state index in [4.69, 9.17) is 0 Å². The van der Waals surface area contributed by atoms with Crippen LogP contribution in [-0.4, -0.2) is 36.6 Å². The first kappa shape index (κ1) is 16.3. The Bertz CT molecular complexity index is 442. The van der Waals surface area contributed by atoms with Crippen molar-refractivity contribution in [1.82, 2.24) is 10.2 Å². The smallest absolute Gasteiger partial charge is 0.0268 e. The zero-order valence-corrected chi connectivity index (χ0v) is 13.8. The summed E-state index contributed by atoms with van der Waals surface area (Å²) in [6.07, 6.45) is 5.44. The minimum atomic E-state index is 0.211. The maximum Gasteiger partial charge on any atom is 0.0268 e. The number of benzene rings is 1. The fraction of sp³-hybridized carbons (Fsp3) is 0.579. The van der Waals surface area contributed by atoms with Crippen molar-refractivity contribution in [3.8, 4) is 0 Å². The predicted molar refractivity (Wildman–Crippen MR) is 91.6 cm³/mol. The molecule has 1 aliphatic rings. The van der Waals surface area contributed by atoms with E-state index in [-0.39, 0.29) is 5.54 Å². The van der Waals surface area contributed by atoms with E-state index in [1.165, 1.54) is 12.0 Å². The third-order valence-corrected chi connectivity index (χ3v) is 5.16. The third kappa shape index (κ3) is 3.96. The Morgan fingerprint density at radius 1 is 1.33 bits per heavy atom. The van der Waals surface area contributed by atoms with Crippen molar-refractivity contribution in [3.63, 3.8) is 0 Å². The van der Waals surface area contributed by atoms with Crippen molar-refractivity contribution in [2.45, 2.75) is 44.7 Å². The first-order valence-electron chi connectivity index (χ1n) is 8.17. The molecule has 1 N–H and O–H groups in total. The normalized spacial score (nSPS) is 30.2. The van der Waals surface area contributed by atoms with Gasteiger partial charge in [0.25, 0.3) is 0 Å². The molecule has 1 fully saturated rings. The molecule has 0 aliphatic carbocycles. The van der Waals surface area contributed by atoms with Gasteiger partial charge in [-0.1, -0.05) is 43.3 Å². The van der Waals surface area contributed by atoms with Crippen molar-refractivity contribution >= 4 is 0 Å². The summed E-state index contributed by atoms with van der Waals surface area (Å²) in [5, 5.41) is 3.89. The maximum atomic E-state index is 3.99. The van der Waals surface area contributed by atoms with Crippen LogP contribution in [0.5, 0.6) is 0 Å². The van der Waals surface area contributed by atoms with Crippen LogP contribution >= 0.6 is 0 Å². The Balaban J connectivity index is 1.99. The molecule has 0 radical (unpaired) electrons. The van der Waals surface area contributed by atoms with Crippen molar-refractivity contribution < 1.29 is 0 Å².